The van der Waals surface area contributed by atoms with Crippen LogP contribution in [0.4, 0.5) is 4.39 Å². The normalized spacial score (nSPS) is 14.5. The van der Waals surface area contributed by atoms with Gasteiger partial charge in [-0.05, 0) is 60.2 Å². The van der Waals surface area contributed by atoms with Crippen molar-refractivity contribution in [1.82, 2.24) is 10.2 Å². The number of rotatable bonds is 11. The SMILES string of the molecule is CCc1ccc(OCC(=O)N(Cc2ccc(F)cc2)C(Cc2ccccc2)C(=O)NC2CCCCC2)cc1. The molecule has 0 aliphatic heterocycles. The molecule has 3 aromatic carbocycles. The van der Waals surface area contributed by atoms with Crippen molar-refractivity contribution in [2.45, 2.75) is 70.5 Å². The zero-order chi connectivity index (χ0) is 26.7. The number of benzene rings is 3. The summed E-state index contributed by atoms with van der Waals surface area (Å²) in [6, 6.07) is 22.8. The van der Waals surface area contributed by atoms with Crippen LogP contribution in [-0.4, -0.2) is 35.4 Å². The van der Waals surface area contributed by atoms with E-state index in [1.165, 1.54) is 24.1 Å². The van der Waals surface area contributed by atoms with E-state index >= 15 is 0 Å². The van der Waals surface area contributed by atoms with Crippen LogP contribution >= 0.6 is 0 Å². The van der Waals surface area contributed by atoms with E-state index in [0.717, 1.165) is 43.2 Å². The van der Waals surface area contributed by atoms with Gasteiger partial charge in [0.25, 0.3) is 5.91 Å². The monoisotopic (exact) mass is 516 g/mol. The molecule has 3 aromatic rings. The topological polar surface area (TPSA) is 58.6 Å². The van der Waals surface area contributed by atoms with Gasteiger partial charge in [0.1, 0.15) is 17.6 Å². The summed E-state index contributed by atoms with van der Waals surface area (Å²) in [5.74, 6) is -0.206. The van der Waals surface area contributed by atoms with E-state index in [-0.39, 0.29) is 36.8 Å². The van der Waals surface area contributed by atoms with Crippen molar-refractivity contribution >= 4 is 11.8 Å². The number of aryl methyl sites for hydroxylation is 1. The van der Waals surface area contributed by atoms with Crippen molar-refractivity contribution in [3.63, 3.8) is 0 Å². The van der Waals surface area contributed by atoms with Gasteiger partial charge in [-0.25, -0.2) is 4.39 Å². The molecule has 0 aromatic heterocycles. The van der Waals surface area contributed by atoms with E-state index in [9.17, 15) is 14.0 Å². The van der Waals surface area contributed by atoms with Gasteiger partial charge in [-0.3, -0.25) is 9.59 Å². The molecule has 5 nitrogen and oxygen atoms in total. The molecule has 2 amide bonds. The van der Waals surface area contributed by atoms with Crippen LogP contribution in [0.25, 0.3) is 0 Å². The third-order valence-electron chi connectivity index (χ3n) is 7.18. The number of nitrogens with zero attached hydrogens (tertiary/aromatic N) is 1. The average Bonchev–Trinajstić information content (AvgIpc) is 2.96. The summed E-state index contributed by atoms with van der Waals surface area (Å²) in [6.07, 6.45) is 6.57. The molecule has 0 radical (unpaired) electrons. The van der Waals surface area contributed by atoms with Crippen LogP contribution in [-0.2, 0) is 29.0 Å². The minimum atomic E-state index is -0.733. The predicted molar refractivity (Wildman–Crippen MR) is 147 cm³/mol. The van der Waals surface area contributed by atoms with E-state index in [0.29, 0.717) is 12.2 Å². The fraction of sp³-hybridized carbons (Fsp3) is 0.375. The first-order valence-electron chi connectivity index (χ1n) is 13.6. The van der Waals surface area contributed by atoms with Crippen LogP contribution < -0.4 is 10.1 Å². The summed E-state index contributed by atoms with van der Waals surface area (Å²) in [6.45, 7) is 2.06. The van der Waals surface area contributed by atoms with Crippen molar-refractivity contribution in [2.24, 2.45) is 0 Å². The van der Waals surface area contributed by atoms with Crippen molar-refractivity contribution < 1.29 is 18.7 Å². The van der Waals surface area contributed by atoms with Crippen LogP contribution in [0, 0.1) is 5.82 Å². The second-order valence-electron chi connectivity index (χ2n) is 9.98. The smallest absolute Gasteiger partial charge is 0.261 e. The molecule has 1 unspecified atom stereocenters. The molecule has 1 N–H and O–H groups in total. The second kappa shape index (κ2) is 13.8. The highest BCUT2D eigenvalue weighted by Crippen LogP contribution is 2.20. The van der Waals surface area contributed by atoms with E-state index in [1.807, 2.05) is 54.6 Å². The number of nitrogens with one attached hydrogen (secondary N) is 1. The Morgan fingerprint density at radius 1 is 0.895 bits per heavy atom. The minimum absolute atomic E-state index is 0.116. The molecule has 1 saturated carbocycles. The fourth-order valence-electron chi connectivity index (χ4n) is 4.93. The molecule has 1 fully saturated rings. The number of carbonyl (C=O) groups is 2. The van der Waals surface area contributed by atoms with Gasteiger partial charge in [-0.2, -0.15) is 0 Å². The lowest BCUT2D eigenvalue weighted by atomic mass is 9.94. The molecule has 4 rings (SSSR count). The maximum atomic E-state index is 13.7. The fourth-order valence-corrected chi connectivity index (χ4v) is 4.93. The highest BCUT2D eigenvalue weighted by Gasteiger charge is 2.32. The predicted octanol–water partition coefficient (Wildman–Crippen LogP) is 5.86. The molecule has 0 heterocycles. The third-order valence-corrected chi connectivity index (χ3v) is 7.18. The molecule has 1 aliphatic carbocycles. The zero-order valence-corrected chi connectivity index (χ0v) is 22.1. The quantitative estimate of drug-likeness (QED) is 0.348. The average molecular weight is 517 g/mol. The second-order valence-corrected chi connectivity index (χ2v) is 9.98. The molecule has 0 spiro atoms. The van der Waals surface area contributed by atoms with Crippen LogP contribution in [0.15, 0.2) is 78.9 Å². The van der Waals surface area contributed by atoms with Crippen molar-refractivity contribution in [3.05, 3.63) is 101 Å². The first-order valence-corrected chi connectivity index (χ1v) is 13.6. The molecule has 38 heavy (non-hydrogen) atoms. The van der Waals surface area contributed by atoms with Crippen molar-refractivity contribution in [3.8, 4) is 5.75 Å². The van der Waals surface area contributed by atoms with Gasteiger partial charge in [-0.15, -0.1) is 0 Å². The number of carbonyl (C=O) groups excluding carboxylic acids is 2. The summed E-state index contributed by atoms with van der Waals surface area (Å²) in [4.78, 5) is 29.0. The van der Waals surface area contributed by atoms with Crippen molar-refractivity contribution in [2.75, 3.05) is 6.61 Å². The molecule has 200 valence electrons. The number of hydrogen-bond donors (Lipinski definition) is 1. The van der Waals surface area contributed by atoms with Gasteiger partial charge in [0.15, 0.2) is 6.61 Å². The van der Waals surface area contributed by atoms with Crippen LogP contribution in [0.5, 0.6) is 5.75 Å². The first kappa shape index (κ1) is 27.4. The Balaban J connectivity index is 1.58. The largest absolute Gasteiger partial charge is 0.484 e. The molecule has 0 bridgehead atoms. The molecule has 6 heteroatoms. The van der Waals surface area contributed by atoms with E-state index < -0.39 is 6.04 Å². The summed E-state index contributed by atoms with van der Waals surface area (Å²) in [5, 5.41) is 3.22. The van der Waals surface area contributed by atoms with Gasteiger partial charge in [0.05, 0.1) is 0 Å². The first-order chi connectivity index (χ1) is 18.5. The zero-order valence-electron chi connectivity index (χ0n) is 22.1. The van der Waals surface area contributed by atoms with Crippen LogP contribution in [0.3, 0.4) is 0 Å². The van der Waals surface area contributed by atoms with Gasteiger partial charge < -0.3 is 15.0 Å². The lowest BCUT2D eigenvalue weighted by Crippen LogP contribution is -2.53. The Hall–Kier alpha value is -3.67. The summed E-state index contributed by atoms with van der Waals surface area (Å²) in [5.41, 5.74) is 2.89. The van der Waals surface area contributed by atoms with Crippen molar-refractivity contribution in [1.29, 1.82) is 0 Å². The lowest BCUT2D eigenvalue weighted by molar-refractivity contribution is -0.143. The van der Waals surface area contributed by atoms with Gasteiger partial charge >= 0.3 is 0 Å². The van der Waals surface area contributed by atoms with Gasteiger partial charge in [-0.1, -0.05) is 80.8 Å². The Morgan fingerprint density at radius 3 is 2.21 bits per heavy atom. The Kier molecular flexibility index (Phi) is 9.90. The molecular weight excluding hydrogens is 479 g/mol. The number of hydrogen-bond acceptors (Lipinski definition) is 3. The molecule has 1 atom stereocenters. The van der Waals surface area contributed by atoms with E-state index in [2.05, 4.69) is 12.2 Å². The highest BCUT2D eigenvalue weighted by atomic mass is 19.1. The van der Waals surface area contributed by atoms with E-state index in [1.54, 1.807) is 17.0 Å². The summed E-state index contributed by atoms with van der Waals surface area (Å²) in [7, 11) is 0. The van der Waals surface area contributed by atoms with Crippen LogP contribution in [0.2, 0.25) is 0 Å². The van der Waals surface area contributed by atoms with Gasteiger partial charge in [0.2, 0.25) is 5.91 Å². The Labute approximate surface area is 225 Å². The maximum absolute atomic E-state index is 13.7. The molecule has 1 aliphatic rings. The number of halogens is 1. The van der Waals surface area contributed by atoms with Crippen LogP contribution in [0.1, 0.15) is 55.7 Å². The standard InChI is InChI=1S/C32H37FN2O3/c1-2-24-15-19-29(20-16-24)38-23-31(36)35(22-26-13-17-27(33)18-14-26)30(21-25-9-5-3-6-10-25)32(37)34-28-11-7-4-8-12-28/h3,5-6,9-10,13-20,28,30H,2,4,7-8,11-12,21-23H2,1H3,(H,34,37). The molecular formula is C32H37FN2O3. The Morgan fingerprint density at radius 2 is 1.55 bits per heavy atom. The Bertz CT molecular complexity index is 1160. The minimum Gasteiger partial charge on any atom is -0.484 e. The highest BCUT2D eigenvalue weighted by molar-refractivity contribution is 5.88. The molecule has 0 saturated heterocycles. The number of ether oxygens (including phenoxy) is 1. The maximum Gasteiger partial charge on any atom is 0.261 e. The summed E-state index contributed by atoms with van der Waals surface area (Å²) < 4.78 is 19.5. The summed E-state index contributed by atoms with van der Waals surface area (Å²) >= 11 is 0. The van der Waals surface area contributed by atoms with E-state index in [4.69, 9.17) is 4.74 Å². The third kappa shape index (κ3) is 7.91. The lowest BCUT2D eigenvalue weighted by Gasteiger charge is -2.33. The number of amides is 2. The van der Waals surface area contributed by atoms with Gasteiger partial charge in [0, 0.05) is 19.0 Å².